The predicted molar refractivity (Wildman–Crippen MR) is 85.8 cm³/mol. The number of carbonyl (C=O) groups excluding carboxylic acids is 1. The van der Waals surface area contributed by atoms with Crippen molar-refractivity contribution >= 4 is 17.9 Å². The second-order valence-corrected chi connectivity index (χ2v) is 5.79. The van der Waals surface area contributed by atoms with Crippen molar-refractivity contribution in [1.29, 1.82) is 0 Å². The van der Waals surface area contributed by atoms with Crippen molar-refractivity contribution in [1.82, 2.24) is 19.9 Å². The topological polar surface area (TPSA) is 68.2 Å². The summed E-state index contributed by atoms with van der Waals surface area (Å²) in [6.45, 7) is 2.25. The van der Waals surface area contributed by atoms with Gasteiger partial charge in [0.2, 0.25) is 5.88 Å². The van der Waals surface area contributed by atoms with Crippen molar-refractivity contribution < 1.29 is 9.53 Å². The molecule has 0 aliphatic carbocycles. The summed E-state index contributed by atoms with van der Waals surface area (Å²) in [5.74, 6) is 1.36. The number of rotatable bonds is 5. The van der Waals surface area contributed by atoms with E-state index in [0.717, 1.165) is 37.9 Å². The third kappa shape index (κ3) is 4.03. The largest absolute Gasteiger partial charge is 0.436 e. The number of nitrogens with zero attached hydrogens (tertiary/aromatic N) is 4. The van der Waals surface area contributed by atoms with Crippen LogP contribution in [0.2, 0.25) is 5.15 Å². The second-order valence-electron chi connectivity index (χ2n) is 5.41. The Bertz CT molecular complexity index is 657. The van der Waals surface area contributed by atoms with E-state index in [2.05, 4.69) is 19.9 Å². The highest BCUT2D eigenvalue weighted by molar-refractivity contribution is 6.29. The zero-order chi connectivity index (χ0) is 16.1. The molecular weight excluding hydrogens is 316 g/mol. The van der Waals surface area contributed by atoms with Gasteiger partial charge in [0.25, 0.3) is 0 Å². The van der Waals surface area contributed by atoms with Crippen LogP contribution in [-0.2, 0) is 4.79 Å². The molecule has 1 fully saturated rings. The fourth-order valence-corrected chi connectivity index (χ4v) is 2.84. The van der Waals surface area contributed by atoms with Gasteiger partial charge in [-0.1, -0.05) is 11.6 Å². The molecule has 0 aromatic carbocycles. The van der Waals surface area contributed by atoms with Crippen LogP contribution in [0.5, 0.6) is 11.6 Å². The SMILES string of the molecule is O=CCN1CCC(c2nccnc2Oc2ccc(Cl)nc2)CC1. The molecule has 1 saturated heterocycles. The highest BCUT2D eigenvalue weighted by Gasteiger charge is 2.25. The van der Waals surface area contributed by atoms with Gasteiger partial charge in [0.15, 0.2) is 0 Å². The zero-order valence-electron chi connectivity index (χ0n) is 12.6. The van der Waals surface area contributed by atoms with Crippen LogP contribution in [0.25, 0.3) is 0 Å². The van der Waals surface area contributed by atoms with Crippen molar-refractivity contribution in [2.75, 3.05) is 19.6 Å². The lowest BCUT2D eigenvalue weighted by Gasteiger charge is -2.30. The maximum atomic E-state index is 10.6. The van der Waals surface area contributed by atoms with Gasteiger partial charge in [-0.05, 0) is 38.1 Å². The van der Waals surface area contributed by atoms with E-state index < -0.39 is 0 Å². The minimum atomic E-state index is 0.280. The summed E-state index contributed by atoms with van der Waals surface area (Å²) in [6, 6.07) is 3.42. The summed E-state index contributed by atoms with van der Waals surface area (Å²) < 4.78 is 5.83. The molecule has 120 valence electrons. The Kier molecular flexibility index (Phi) is 5.15. The Morgan fingerprint density at radius 2 is 2.00 bits per heavy atom. The standard InChI is InChI=1S/C16H17ClN4O2/c17-14-2-1-13(11-20-14)23-16-15(18-5-6-19-16)12-3-7-21(8-4-12)9-10-22/h1-2,5-6,10-12H,3-4,7-9H2. The van der Waals surface area contributed by atoms with Crippen LogP contribution in [0.1, 0.15) is 24.5 Å². The molecule has 7 heteroatoms. The van der Waals surface area contributed by atoms with Crippen molar-refractivity contribution in [3.63, 3.8) is 0 Å². The minimum Gasteiger partial charge on any atom is -0.436 e. The van der Waals surface area contributed by atoms with Crippen molar-refractivity contribution in [2.24, 2.45) is 0 Å². The molecule has 0 N–H and O–H groups in total. The lowest BCUT2D eigenvalue weighted by Crippen LogP contribution is -2.34. The molecule has 3 heterocycles. The Morgan fingerprint density at radius 1 is 1.22 bits per heavy atom. The summed E-state index contributed by atoms with van der Waals surface area (Å²) in [6.07, 6.45) is 7.67. The maximum Gasteiger partial charge on any atom is 0.241 e. The Labute approximate surface area is 139 Å². The van der Waals surface area contributed by atoms with Crippen LogP contribution in [0.3, 0.4) is 0 Å². The first-order valence-electron chi connectivity index (χ1n) is 7.52. The molecule has 1 aliphatic heterocycles. The van der Waals surface area contributed by atoms with Gasteiger partial charge in [0.05, 0.1) is 12.7 Å². The number of hydrogen-bond donors (Lipinski definition) is 0. The molecule has 0 radical (unpaired) electrons. The lowest BCUT2D eigenvalue weighted by atomic mass is 9.93. The van der Waals surface area contributed by atoms with E-state index in [0.29, 0.717) is 23.3 Å². The number of aldehydes is 1. The highest BCUT2D eigenvalue weighted by Crippen LogP contribution is 2.33. The molecule has 23 heavy (non-hydrogen) atoms. The first kappa shape index (κ1) is 15.8. The normalized spacial score (nSPS) is 16.2. The van der Waals surface area contributed by atoms with Gasteiger partial charge in [-0.15, -0.1) is 0 Å². The summed E-state index contributed by atoms with van der Waals surface area (Å²) >= 11 is 5.78. The van der Waals surface area contributed by atoms with Crippen LogP contribution in [-0.4, -0.2) is 45.8 Å². The van der Waals surface area contributed by atoms with Crippen LogP contribution in [0.4, 0.5) is 0 Å². The molecule has 3 rings (SSSR count). The molecule has 2 aromatic heterocycles. The molecule has 0 saturated carbocycles. The van der Waals surface area contributed by atoms with E-state index in [1.165, 1.54) is 0 Å². The summed E-state index contributed by atoms with van der Waals surface area (Å²) in [7, 11) is 0. The second kappa shape index (κ2) is 7.48. The van der Waals surface area contributed by atoms with Gasteiger partial charge in [-0.2, -0.15) is 0 Å². The van der Waals surface area contributed by atoms with Gasteiger partial charge in [-0.3, -0.25) is 9.88 Å². The molecule has 0 unspecified atom stereocenters. The average Bonchev–Trinajstić information content (AvgIpc) is 2.59. The number of hydrogen-bond acceptors (Lipinski definition) is 6. The third-order valence-electron chi connectivity index (χ3n) is 3.91. The van der Waals surface area contributed by atoms with E-state index in [1.807, 2.05) is 0 Å². The first-order valence-corrected chi connectivity index (χ1v) is 7.90. The van der Waals surface area contributed by atoms with E-state index in [4.69, 9.17) is 16.3 Å². The summed E-state index contributed by atoms with van der Waals surface area (Å²) in [5.41, 5.74) is 0.855. The number of halogens is 1. The number of carbonyl (C=O) groups is 1. The van der Waals surface area contributed by atoms with Gasteiger partial charge in [0, 0.05) is 18.3 Å². The lowest BCUT2D eigenvalue weighted by molar-refractivity contribution is -0.109. The van der Waals surface area contributed by atoms with E-state index in [9.17, 15) is 4.79 Å². The smallest absolute Gasteiger partial charge is 0.241 e. The summed E-state index contributed by atoms with van der Waals surface area (Å²) in [4.78, 5) is 25.5. The first-order chi connectivity index (χ1) is 11.3. The number of piperidine rings is 1. The highest BCUT2D eigenvalue weighted by atomic mass is 35.5. The van der Waals surface area contributed by atoms with Gasteiger partial charge in [-0.25, -0.2) is 9.97 Å². The molecule has 0 spiro atoms. The van der Waals surface area contributed by atoms with Crippen molar-refractivity contribution in [2.45, 2.75) is 18.8 Å². The van der Waals surface area contributed by atoms with Gasteiger partial charge >= 0.3 is 0 Å². The molecule has 1 aliphatic rings. The van der Waals surface area contributed by atoms with Crippen LogP contribution < -0.4 is 4.74 Å². The molecule has 0 bridgehead atoms. The fourth-order valence-electron chi connectivity index (χ4n) is 2.72. The van der Waals surface area contributed by atoms with Crippen molar-refractivity contribution in [3.8, 4) is 11.6 Å². The zero-order valence-corrected chi connectivity index (χ0v) is 13.3. The minimum absolute atomic E-state index is 0.280. The predicted octanol–water partition coefficient (Wildman–Crippen LogP) is 2.70. The molecule has 0 amide bonds. The van der Waals surface area contributed by atoms with Gasteiger partial charge < -0.3 is 9.53 Å². The van der Waals surface area contributed by atoms with Crippen LogP contribution in [0.15, 0.2) is 30.7 Å². The monoisotopic (exact) mass is 332 g/mol. The molecular formula is C16H17ClN4O2. The molecule has 6 nitrogen and oxygen atoms in total. The van der Waals surface area contributed by atoms with Crippen LogP contribution >= 0.6 is 11.6 Å². The Balaban J connectivity index is 1.73. The summed E-state index contributed by atoms with van der Waals surface area (Å²) in [5, 5.41) is 0.416. The molecule has 0 atom stereocenters. The fraction of sp³-hybridized carbons (Fsp3) is 0.375. The Morgan fingerprint density at radius 3 is 2.70 bits per heavy atom. The number of pyridine rings is 1. The van der Waals surface area contributed by atoms with E-state index >= 15 is 0 Å². The quantitative estimate of drug-likeness (QED) is 0.619. The third-order valence-corrected chi connectivity index (χ3v) is 4.14. The van der Waals surface area contributed by atoms with E-state index in [-0.39, 0.29) is 5.92 Å². The van der Waals surface area contributed by atoms with Gasteiger partial charge in [0.1, 0.15) is 22.9 Å². The van der Waals surface area contributed by atoms with Crippen molar-refractivity contribution in [3.05, 3.63) is 41.6 Å². The molecule has 2 aromatic rings. The maximum absolute atomic E-state index is 10.6. The number of likely N-dealkylation sites (tertiary alicyclic amines) is 1. The average molecular weight is 333 g/mol. The van der Waals surface area contributed by atoms with E-state index in [1.54, 1.807) is 30.7 Å². The van der Waals surface area contributed by atoms with Crippen LogP contribution in [0, 0.1) is 0 Å². The number of ether oxygens (including phenoxy) is 1. The number of aromatic nitrogens is 3. The Hall–Kier alpha value is -2.05.